The zero-order valence-electron chi connectivity index (χ0n) is 11.4. The lowest BCUT2D eigenvalue weighted by molar-refractivity contribution is -0.121. The Bertz CT molecular complexity index is 482. The van der Waals surface area contributed by atoms with Gasteiger partial charge in [0.2, 0.25) is 0 Å². The van der Waals surface area contributed by atoms with Crippen LogP contribution in [-0.4, -0.2) is 29.9 Å². The summed E-state index contributed by atoms with van der Waals surface area (Å²) in [5.74, 6) is 0.966. The number of rotatable bonds is 2. The molecule has 1 fully saturated rings. The van der Waals surface area contributed by atoms with E-state index in [1.54, 1.807) is 6.07 Å². The van der Waals surface area contributed by atoms with Gasteiger partial charge < -0.3 is 9.64 Å². The van der Waals surface area contributed by atoms with Crippen LogP contribution in [0.3, 0.4) is 0 Å². The summed E-state index contributed by atoms with van der Waals surface area (Å²) < 4.78 is 5.43. The van der Waals surface area contributed by atoms with Gasteiger partial charge in [-0.1, -0.05) is 32.0 Å². The Kier molecular flexibility index (Phi) is 4.20. The number of hydrogen-bond donors (Lipinski definition) is 0. The number of likely N-dealkylation sites (tertiary alicyclic amines) is 1. The molecule has 0 spiro atoms. The van der Waals surface area contributed by atoms with Crippen molar-refractivity contribution in [1.82, 2.24) is 4.90 Å². The number of para-hydroxylation sites is 1. The Labute approximate surface area is 113 Å². The minimum Gasteiger partial charge on any atom is -0.410 e. The predicted molar refractivity (Wildman–Crippen MR) is 72.4 cm³/mol. The van der Waals surface area contributed by atoms with Gasteiger partial charge in [-0.15, -0.1) is 0 Å². The van der Waals surface area contributed by atoms with Crippen molar-refractivity contribution in [3.05, 3.63) is 29.8 Å². The summed E-state index contributed by atoms with van der Waals surface area (Å²) >= 11 is 0. The van der Waals surface area contributed by atoms with Gasteiger partial charge in [-0.05, 0) is 24.0 Å². The fraction of sp³-hybridized carbons (Fsp3) is 0.467. The van der Waals surface area contributed by atoms with Crippen molar-refractivity contribution in [3.8, 4) is 5.75 Å². The SMILES string of the molecule is CC(C)c1ccccc1OC(=O)N1CCCC(=O)C1. The molecule has 1 saturated heterocycles. The number of amides is 1. The molecule has 2 rings (SSSR count). The molecule has 1 aliphatic rings. The fourth-order valence-electron chi connectivity index (χ4n) is 2.20. The number of hydrogen-bond acceptors (Lipinski definition) is 3. The Morgan fingerprint density at radius 1 is 1.32 bits per heavy atom. The summed E-state index contributed by atoms with van der Waals surface area (Å²) in [5, 5.41) is 0. The largest absolute Gasteiger partial charge is 0.415 e. The molecule has 0 saturated carbocycles. The second-order valence-corrected chi connectivity index (χ2v) is 5.12. The molecule has 1 aromatic rings. The highest BCUT2D eigenvalue weighted by atomic mass is 16.6. The van der Waals surface area contributed by atoms with E-state index in [1.165, 1.54) is 4.90 Å². The highest BCUT2D eigenvalue weighted by Gasteiger charge is 2.23. The monoisotopic (exact) mass is 261 g/mol. The van der Waals surface area contributed by atoms with E-state index in [2.05, 4.69) is 13.8 Å². The molecule has 1 aliphatic heterocycles. The maximum absolute atomic E-state index is 12.0. The third kappa shape index (κ3) is 3.34. The molecular formula is C15H19NO3. The zero-order chi connectivity index (χ0) is 13.8. The third-order valence-electron chi connectivity index (χ3n) is 3.25. The maximum atomic E-state index is 12.0. The highest BCUT2D eigenvalue weighted by Crippen LogP contribution is 2.26. The van der Waals surface area contributed by atoms with E-state index in [-0.39, 0.29) is 18.2 Å². The van der Waals surface area contributed by atoms with Crippen molar-refractivity contribution in [2.75, 3.05) is 13.1 Å². The van der Waals surface area contributed by atoms with Crippen molar-refractivity contribution in [2.45, 2.75) is 32.6 Å². The van der Waals surface area contributed by atoms with Gasteiger partial charge in [0.25, 0.3) is 0 Å². The lowest BCUT2D eigenvalue weighted by Gasteiger charge is -2.25. The van der Waals surface area contributed by atoms with E-state index in [0.29, 0.717) is 18.7 Å². The average molecular weight is 261 g/mol. The van der Waals surface area contributed by atoms with Gasteiger partial charge in [-0.25, -0.2) is 4.79 Å². The van der Waals surface area contributed by atoms with Gasteiger partial charge in [-0.3, -0.25) is 4.79 Å². The number of nitrogens with zero attached hydrogens (tertiary/aromatic N) is 1. The molecule has 1 heterocycles. The van der Waals surface area contributed by atoms with Crippen LogP contribution in [0.1, 0.15) is 38.2 Å². The second kappa shape index (κ2) is 5.87. The van der Waals surface area contributed by atoms with Crippen molar-refractivity contribution in [1.29, 1.82) is 0 Å². The predicted octanol–water partition coefficient (Wildman–Crippen LogP) is 2.97. The van der Waals surface area contributed by atoms with Crippen LogP contribution in [-0.2, 0) is 4.79 Å². The van der Waals surface area contributed by atoms with E-state index in [9.17, 15) is 9.59 Å². The van der Waals surface area contributed by atoms with E-state index < -0.39 is 6.09 Å². The molecule has 0 radical (unpaired) electrons. The summed E-state index contributed by atoms with van der Waals surface area (Å²) in [4.78, 5) is 24.9. The van der Waals surface area contributed by atoms with Crippen LogP contribution in [0.4, 0.5) is 4.79 Å². The lowest BCUT2D eigenvalue weighted by atomic mass is 10.0. The molecule has 0 aliphatic carbocycles. The minimum absolute atomic E-state index is 0.0975. The van der Waals surface area contributed by atoms with Crippen LogP contribution in [0, 0.1) is 0 Å². The number of benzene rings is 1. The number of carbonyl (C=O) groups is 2. The minimum atomic E-state index is -0.429. The number of Topliss-reactive ketones (excluding diaryl/α,β-unsaturated/α-hetero) is 1. The molecule has 0 bridgehead atoms. The summed E-state index contributed by atoms with van der Waals surface area (Å²) in [5.41, 5.74) is 0.999. The van der Waals surface area contributed by atoms with E-state index in [4.69, 9.17) is 4.74 Å². The quantitative estimate of drug-likeness (QED) is 0.822. The molecule has 1 aromatic carbocycles. The molecule has 19 heavy (non-hydrogen) atoms. The Balaban J connectivity index is 2.08. The van der Waals surface area contributed by atoms with Crippen LogP contribution < -0.4 is 4.74 Å². The molecule has 0 aromatic heterocycles. The van der Waals surface area contributed by atoms with E-state index in [0.717, 1.165) is 12.0 Å². The lowest BCUT2D eigenvalue weighted by Crippen LogP contribution is -2.41. The number of carbonyl (C=O) groups excluding carboxylic acids is 2. The Hall–Kier alpha value is -1.84. The van der Waals surface area contributed by atoms with Crippen molar-refractivity contribution in [2.24, 2.45) is 0 Å². The first-order valence-corrected chi connectivity index (χ1v) is 6.65. The molecule has 1 amide bonds. The van der Waals surface area contributed by atoms with Crippen molar-refractivity contribution < 1.29 is 14.3 Å². The van der Waals surface area contributed by atoms with Crippen LogP contribution in [0.15, 0.2) is 24.3 Å². The number of ketones is 1. The van der Waals surface area contributed by atoms with Crippen molar-refractivity contribution in [3.63, 3.8) is 0 Å². The first kappa shape index (κ1) is 13.6. The smallest absolute Gasteiger partial charge is 0.410 e. The van der Waals surface area contributed by atoms with E-state index in [1.807, 2.05) is 18.2 Å². The van der Waals surface area contributed by atoms with Gasteiger partial charge in [0.1, 0.15) is 5.75 Å². The van der Waals surface area contributed by atoms with Crippen molar-refractivity contribution >= 4 is 11.9 Å². The Morgan fingerprint density at radius 2 is 2.05 bits per heavy atom. The summed E-state index contributed by atoms with van der Waals surface area (Å²) in [6, 6.07) is 7.51. The summed E-state index contributed by atoms with van der Waals surface area (Å²) in [6.45, 7) is 4.87. The molecule has 0 atom stereocenters. The average Bonchev–Trinajstić information content (AvgIpc) is 2.39. The maximum Gasteiger partial charge on any atom is 0.415 e. The molecule has 4 nitrogen and oxygen atoms in total. The third-order valence-corrected chi connectivity index (χ3v) is 3.25. The first-order chi connectivity index (χ1) is 9.08. The van der Waals surface area contributed by atoms with Gasteiger partial charge in [0, 0.05) is 13.0 Å². The van der Waals surface area contributed by atoms with Gasteiger partial charge in [0.05, 0.1) is 6.54 Å². The van der Waals surface area contributed by atoms with Gasteiger partial charge in [-0.2, -0.15) is 0 Å². The van der Waals surface area contributed by atoms with E-state index >= 15 is 0 Å². The normalized spacial score (nSPS) is 15.7. The number of piperidine rings is 1. The van der Waals surface area contributed by atoms with Crippen LogP contribution in [0.25, 0.3) is 0 Å². The van der Waals surface area contributed by atoms with Gasteiger partial charge >= 0.3 is 6.09 Å². The van der Waals surface area contributed by atoms with Gasteiger partial charge in [0.15, 0.2) is 5.78 Å². The fourth-order valence-corrected chi connectivity index (χ4v) is 2.20. The molecular weight excluding hydrogens is 242 g/mol. The summed E-state index contributed by atoms with van der Waals surface area (Å²) in [7, 11) is 0. The molecule has 0 N–H and O–H groups in total. The van der Waals surface area contributed by atoms with Crippen LogP contribution in [0.5, 0.6) is 5.75 Å². The molecule has 4 heteroatoms. The molecule has 0 unspecified atom stereocenters. The van der Waals surface area contributed by atoms with Crippen LogP contribution in [0.2, 0.25) is 0 Å². The standard InChI is InChI=1S/C15H19NO3/c1-11(2)13-7-3-4-8-14(13)19-15(18)16-9-5-6-12(17)10-16/h3-4,7-8,11H,5-6,9-10H2,1-2H3. The first-order valence-electron chi connectivity index (χ1n) is 6.65. The highest BCUT2D eigenvalue weighted by molar-refractivity contribution is 5.85. The molecule has 102 valence electrons. The van der Waals surface area contributed by atoms with Crippen LogP contribution >= 0.6 is 0 Å². The number of ether oxygens (including phenoxy) is 1. The Morgan fingerprint density at radius 3 is 2.74 bits per heavy atom. The zero-order valence-corrected chi connectivity index (χ0v) is 11.4. The second-order valence-electron chi connectivity index (χ2n) is 5.12. The topological polar surface area (TPSA) is 46.6 Å². The summed E-state index contributed by atoms with van der Waals surface area (Å²) in [6.07, 6.45) is 0.854.